The lowest BCUT2D eigenvalue weighted by molar-refractivity contribution is -0.152. The zero-order chi connectivity index (χ0) is 18.3. The highest BCUT2D eigenvalue weighted by atomic mass is 19.1. The van der Waals surface area contributed by atoms with Gasteiger partial charge in [0.15, 0.2) is 5.92 Å². The van der Waals surface area contributed by atoms with E-state index in [0.29, 0.717) is 17.0 Å². The molecule has 0 saturated carbocycles. The number of esters is 1. The predicted octanol–water partition coefficient (Wildman–Crippen LogP) is 2.90. The van der Waals surface area contributed by atoms with Crippen LogP contribution in [0.4, 0.5) is 10.3 Å². The Balaban J connectivity index is 1.95. The van der Waals surface area contributed by atoms with Crippen LogP contribution in [0, 0.1) is 11.7 Å². The second-order valence-electron chi connectivity index (χ2n) is 6.01. The maximum atomic E-state index is 13.4. The van der Waals surface area contributed by atoms with Crippen LogP contribution in [0.1, 0.15) is 18.5 Å². The summed E-state index contributed by atoms with van der Waals surface area (Å²) >= 11 is 0. The molecule has 132 valence electrons. The van der Waals surface area contributed by atoms with Crippen molar-refractivity contribution in [2.75, 3.05) is 11.9 Å². The molecule has 1 amide bonds. The van der Waals surface area contributed by atoms with E-state index in [1.165, 1.54) is 12.1 Å². The molecule has 1 aliphatic heterocycles. The molecule has 2 unspecified atom stereocenters. The molecule has 2 aromatic carbocycles. The smallest absolute Gasteiger partial charge is 0.321 e. The molecule has 1 aliphatic rings. The number of halogens is 1. The van der Waals surface area contributed by atoms with Crippen LogP contribution in [0.2, 0.25) is 0 Å². The Morgan fingerprint density at radius 1 is 1.23 bits per heavy atom. The molecule has 0 spiro atoms. The molecule has 6 nitrogen and oxygen atoms in total. The summed E-state index contributed by atoms with van der Waals surface area (Å²) in [6, 6.07) is 12.5. The van der Waals surface area contributed by atoms with Crippen molar-refractivity contribution in [1.82, 2.24) is 9.55 Å². The molecule has 3 aromatic rings. The van der Waals surface area contributed by atoms with E-state index in [1.807, 2.05) is 24.3 Å². The van der Waals surface area contributed by atoms with Crippen molar-refractivity contribution in [2.24, 2.45) is 5.92 Å². The summed E-state index contributed by atoms with van der Waals surface area (Å²) in [6.45, 7) is 1.85. The number of imidazole rings is 1. The second kappa shape index (κ2) is 6.25. The topological polar surface area (TPSA) is 73.2 Å². The van der Waals surface area contributed by atoms with Crippen LogP contribution in [0.15, 0.2) is 48.5 Å². The number of ether oxygens (including phenoxy) is 1. The number of anilines is 1. The summed E-state index contributed by atoms with van der Waals surface area (Å²) in [5, 5.41) is 2.69. The molecule has 2 atom stereocenters. The Morgan fingerprint density at radius 3 is 2.69 bits per heavy atom. The SMILES string of the molecule is CCOC(=O)C1C(=O)Nc2nc3ccccc3n2C1c1ccc(F)cc1. The van der Waals surface area contributed by atoms with Crippen LogP contribution in [0.3, 0.4) is 0 Å². The molecule has 2 heterocycles. The van der Waals surface area contributed by atoms with Gasteiger partial charge in [0, 0.05) is 0 Å². The minimum absolute atomic E-state index is 0.163. The van der Waals surface area contributed by atoms with Gasteiger partial charge in [-0.05, 0) is 36.8 Å². The van der Waals surface area contributed by atoms with Gasteiger partial charge < -0.3 is 9.30 Å². The number of carbonyl (C=O) groups excluding carboxylic acids is 2. The number of hydrogen-bond acceptors (Lipinski definition) is 4. The van der Waals surface area contributed by atoms with E-state index in [4.69, 9.17) is 4.74 Å². The van der Waals surface area contributed by atoms with E-state index < -0.39 is 29.7 Å². The molecule has 1 N–H and O–H groups in total. The van der Waals surface area contributed by atoms with Gasteiger partial charge in [0.25, 0.3) is 0 Å². The Labute approximate surface area is 148 Å². The molecule has 7 heteroatoms. The summed E-state index contributed by atoms with van der Waals surface area (Å²) in [4.78, 5) is 29.6. The average Bonchev–Trinajstić information content (AvgIpc) is 2.99. The van der Waals surface area contributed by atoms with Crippen LogP contribution in [0.5, 0.6) is 0 Å². The number of fused-ring (bicyclic) bond motifs is 3. The van der Waals surface area contributed by atoms with Crippen molar-refractivity contribution >= 4 is 28.9 Å². The fourth-order valence-corrected chi connectivity index (χ4v) is 3.36. The number of benzene rings is 2. The molecule has 1 aromatic heterocycles. The fraction of sp³-hybridized carbons (Fsp3) is 0.211. The molecule has 0 fully saturated rings. The maximum Gasteiger partial charge on any atom is 0.321 e. The number of amides is 1. The van der Waals surface area contributed by atoms with E-state index in [1.54, 1.807) is 23.6 Å². The number of rotatable bonds is 3. The highest BCUT2D eigenvalue weighted by Crippen LogP contribution is 2.38. The van der Waals surface area contributed by atoms with Crippen LogP contribution in [-0.4, -0.2) is 28.0 Å². The predicted molar refractivity (Wildman–Crippen MR) is 93.0 cm³/mol. The van der Waals surface area contributed by atoms with Gasteiger partial charge in [-0.2, -0.15) is 0 Å². The quantitative estimate of drug-likeness (QED) is 0.580. The largest absolute Gasteiger partial charge is 0.465 e. The zero-order valence-electron chi connectivity index (χ0n) is 14.0. The number of carbonyl (C=O) groups is 2. The highest BCUT2D eigenvalue weighted by molar-refractivity contribution is 6.07. The first-order valence-corrected chi connectivity index (χ1v) is 8.30. The number of nitrogens with one attached hydrogen (secondary N) is 1. The summed E-state index contributed by atoms with van der Waals surface area (Å²) in [7, 11) is 0. The minimum atomic E-state index is -1.09. The van der Waals surface area contributed by atoms with Crippen LogP contribution < -0.4 is 5.32 Å². The van der Waals surface area contributed by atoms with Gasteiger partial charge in [0.2, 0.25) is 11.9 Å². The van der Waals surface area contributed by atoms with Crippen LogP contribution >= 0.6 is 0 Å². The normalized spacial score (nSPS) is 19.1. The lowest BCUT2D eigenvalue weighted by atomic mass is 9.90. The Hall–Kier alpha value is -3.22. The van der Waals surface area contributed by atoms with E-state index in [9.17, 15) is 14.0 Å². The van der Waals surface area contributed by atoms with E-state index in [0.717, 1.165) is 5.52 Å². The minimum Gasteiger partial charge on any atom is -0.465 e. The third kappa shape index (κ3) is 2.52. The zero-order valence-corrected chi connectivity index (χ0v) is 14.0. The molecule has 4 rings (SSSR count). The molecule has 0 radical (unpaired) electrons. The maximum absolute atomic E-state index is 13.4. The third-order valence-electron chi connectivity index (χ3n) is 4.46. The highest BCUT2D eigenvalue weighted by Gasteiger charge is 2.44. The van der Waals surface area contributed by atoms with Gasteiger partial charge in [-0.3, -0.25) is 14.9 Å². The van der Waals surface area contributed by atoms with Crippen molar-refractivity contribution < 1.29 is 18.7 Å². The number of para-hydroxylation sites is 2. The first-order valence-electron chi connectivity index (χ1n) is 8.30. The van der Waals surface area contributed by atoms with Crippen LogP contribution in [0.25, 0.3) is 11.0 Å². The van der Waals surface area contributed by atoms with Crippen molar-refractivity contribution in [1.29, 1.82) is 0 Å². The summed E-state index contributed by atoms with van der Waals surface area (Å²) in [5.74, 6) is -2.24. The van der Waals surface area contributed by atoms with Crippen molar-refractivity contribution in [2.45, 2.75) is 13.0 Å². The third-order valence-corrected chi connectivity index (χ3v) is 4.46. The molecule has 0 aliphatic carbocycles. The van der Waals surface area contributed by atoms with Gasteiger partial charge in [-0.1, -0.05) is 24.3 Å². The number of aromatic nitrogens is 2. The second-order valence-corrected chi connectivity index (χ2v) is 6.01. The van der Waals surface area contributed by atoms with Gasteiger partial charge in [0.1, 0.15) is 5.82 Å². The summed E-state index contributed by atoms with van der Waals surface area (Å²) in [5.41, 5.74) is 2.09. The first kappa shape index (κ1) is 16.3. The fourth-order valence-electron chi connectivity index (χ4n) is 3.36. The Kier molecular flexibility index (Phi) is 3.91. The standard InChI is InChI=1S/C19H16FN3O3/c1-2-26-18(25)15-16(11-7-9-12(20)10-8-11)23-14-6-4-3-5-13(14)21-19(23)22-17(15)24/h3-10,15-16H,2H2,1H3,(H,21,22,24). The molecule has 0 bridgehead atoms. The number of nitrogens with zero attached hydrogens (tertiary/aromatic N) is 2. The summed E-state index contributed by atoms with van der Waals surface area (Å²) < 4.78 is 20.3. The van der Waals surface area contributed by atoms with Crippen molar-refractivity contribution in [3.8, 4) is 0 Å². The molecule has 26 heavy (non-hydrogen) atoms. The van der Waals surface area contributed by atoms with E-state index in [-0.39, 0.29) is 6.61 Å². The molecular formula is C19H16FN3O3. The monoisotopic (exact) mass is 353 g/mol. The Morgan fingerprint density at radius 2 is 1.96 bits per heavy atom. The van der Waals surface area contributed by atoms with Crippen LogP contribution in [-0.2, 0) is 14.3 Å². The van der Waals surface area contributed by atoms with E-state index >= 15 is 0 Å². The lowest BCUT2D eigenvalue weighted by Gasteiger charge is -2.32. The van der Waals surface area contributed by atoms with E-state index in [2.05, 4.69) is 10.3 Å². The Bertz CT molecular complexity index is 997. The van der Waals surface area contributed by atoms with Gasteiger partial charge in [-0.25, -0.2) is 9.37 Å². The average molecular weight is 353 g/mol. The molecule has 0 saturated heterocycles. The van der Waals surface area contributed by atoms with Gasteiger partial charge >= 0.3 is 5.97 Å². The van der Waals surface area contributed by atoms with Crippen molar-refractivity contribution in [3.05, 3.63) is 59.9 Å². The van der Waals surface area contributed by atoms with Gasteiger partial charge in [0.05, 0.1) is 23.7 Å². The number of hydrogen-bond donors (Lipinski definition) is 1. The van der Waals surface area contributed by atoms with Crippen molar-refractivity contribution in [3.63, 3.8) is 0 Å². The van der Waals surface area contributed by atoms with Gasteiger partial charge in [-0.15, -0.1) is 0 Å². The summed E-state index contributed by atoms with van der Waals surface area (Å²) in [6.07, 6.45) is 0. The first-order chi connectivity index (χ1) is 12.6. The molecular weight excluding hydrogens is 337 g/mol. The lowest BCUT2D eigenvalue weighted by Crippen LogP contribution is -2.43.